The summed E-state index contributed by atoms with van der Waals surface area (Å²) in [6.45, 7) is 1.81. The fourth-order valence-electron chi connectivity index (χ4n) is 4.69. The van der Waals surface area contributed by atoms with Gasteiger partial charge in [-0.2, -0.15) is 4.31 Å². The maximum absolute atomic E-state index is 13.6. The zero-order chi connectivity index (χ0) is 23.9. The average molecular weight is 565 g/mol. The Morgan fingerprint density at radius 3 is 2.00 bits per heavy atom. The number of carbonyl (C=O) groups is 1. The molecule has 0 spiro atoms. The van der Waals surface area contributed by atoms with E-state index < -0.39 is 27.0 Å². The summed E-state index contributed by atoms with van der Waals surface area (Å²) in [7, 11) is -4.06. The minimum atomic E-state index is -4.77. The standard InChI is InChI=1S/C20H27F3N4O5S.2ClH/c21-20(22,23)32-17-5-3-16(4-6-17)26-11-13-27(14-12-26)33(30,31)19(18(28)24-29)7-9-25(10-8-19)15-1-2-15;;/h3-6,15,29H,1-2,7-14H2,(H,24,28);2*1H. The molecule has 0 radical (unpaired) electrons. The molecule has 3 fully saturated rings. The van der Waals surface area contributed by atoms with E-state index in [-0.39, 0.29) is 56.5 Å². The van der Waals surface area contributed by atoms with Crippen LogP contribution in [-0.2, 0) is 14.8 Å². The van der Waals surface area contributed by atoms with Crippen molar-refractivity contribution in [1.29, 1.82) is 0 Å². The van der Waals surface area contributed by atoms with E-state index in [1.807, 2.05) is 4.90 Å². The third kappa shape index (κ3) is 6.25. The maximum Gasteiger partial charge on any atom is 0.573 e. The predicted molar refractivity (Wildman–Crippen MR) is 127 cm³/mol. The molecule has 2 N–H and O–H groups in total. The van der Waals surface area contributed by atoms with Crippen molar-refractivity contribution >= 4 is 46.4 Å². The molecule has 200 valence electrons. The molecule has 0 atom stereocenters. The van der Waals surface area contributed by atoms with Crippen LogP contribution < -0.4 is 15.1 Å². The van der Waals surface area contributed by atoms with Crippen LogP contribution in [0.3, 0.4) is 0 Å². The van der Waals surface area contributed by atoms with Gasteiger partial charge in [0.15, 0.2) is 4.75 Å². The van der Waals surface area contributed by atoms with E-state index in [4.69, 9.17) is 0 Å². The summed E-state index contributed by atoms with van der Waals surface area (Å²) in [5.74, 6) is -1.23. The second-order valence-electron chi connectivity index (χ2n) is 8.64. The van der Waals surface area contributed by atoms with Gasteiger partial charge >= 0.3 is 6.36 Å². The third-order valence-corrected chi connectivity index (χ3v) is 9.32. The van der Waals surface area contributed by atoms with Gasteiger partial charge < -0.3 is 14.5 Å². The van der Waals surface area contributed by atoms with Crippen molar-refractivity contribution < 1.29 is 36.3 Å². The highest BCUT2D eigenvalue weighted by Gasteiger charge is 2.55. The fraction of sp³-hybridized carbons (Fsp3) is 0.650. The quantitative estimate of drug-likeness (QED) is 0.404. The molecule has 1 saturated carbocycles. The topological polar surface area (TPSA) is 102 Å². The van der Waals surface area contributed by atoms with Crippen molar-refractivity contribution in [2.24, 2.45) is 0 Å². The molecule has 3 aliphatic rings. The Labute approximate surface area is 214 Å². The van der Waals surface area contributed by atoms with E-state index in [9.17, 15) is 31.6 Å². The molecular formula is C20H29Cl2F3N4O5S. The van der Waals surface area contributed by atoms with E-state index in [0.29, 0.717) is 37.9 Å². The van der Waals surface area contributed by atoms with Crippen LogP contribution in [0, 0.1) is 0 Å². The van der Waals surface area contributed by atoms with Gasteiger partial charge in [-0.3, -0.25) is 10.0 Å². The Balaban J connectivity index is 0.00000216. The summed E-state index contributed by atoms with van der Waals surface area (Å²) < 4.78 is 67.6. The molecule has 0 aromatic heterocycles. The van der Waals surface area contributed by atoms with Gasteiger partial charge in [-0.1, -0.05) is 0 Å². The monoisotopic (exact) mass is 564 g/mol. The Morgan fingerprint density at radius 1 is 1.00 bits per heavy atom. The fourth-order valence-corrected chi connectivity index (χ4v) is 6.80. The Bertz CT molecular complexity index is 964. The largest absolute Gasteiger partial charge is 0.573 e. The van der Waals surface area contributed by atoms with E-state index >= 15 is 0 Å². The van der Waals surface area contributed by atoms with Gasteiger partial charge in [-0.05, 0) is 49.9 Å². The van der Waals surface area contributed by atoms with E-state index in [0.717, 1.165) is 12.8 Å². The molecule has 0 bridgehead atoms. The summed E-state index contributed by atoms with van der Waals surface area (Å²) in [5.41, 5.74) is 2.21. The molecule has 1 aliphatic carbocycles. The van der Waals surface area contributed by atoms with Gasteiger partial charge in [0.1, 0.15) is 5.75 Å². The van der Waals surface area contributed by atoms with Crippen molar-refractivity contribution in [3.8, 4) is 5.75 Å². The number of nitrogens with one attached hydrogen (secondary N) is 1. The van der Waals surface area contributed by atoms with Crippen LogP contribution >= 0.6 is 24.8 Å². The first-order valence-corrected chi connectivity index (χ1v) is 12.3. The smallest absolute Gasteiger partial charge is 0.406 e. The van der Waals surface area contributed by atoms with Gasteiger partial charge in [0.25, 0.3) is 5.91 Å². The molecule has 2 heterocycles. The Hall–Kier alpha value is -1.51. The van der Waals surface area contributed by atoms with Crippen LogP contribution in [0.15, 0.2) is 24.3 Å². The predicted octanol–water partition coefficient (Wildman–Crippen LogP) is 2.38. The number of likely N-dealkylation sites (tertiary alicyclic amines) is 1. The highest BCUT2D eigenvalue weighted by Crippen LogP contribution is 2.38. The van der Waals surface area contributed by atoms with Crippen LogP contribution in [0.5, 0.6) is 5.75 Å². The lowest BCUT2D eigenvalue weighted by Crippen LogP contribution is -2.63. The number of halogens is 5. The van der Waals surface area contributed by atoms with Gasteiger partial charge in [0, 0.05) is 51.0 Å². The summed E-state index contributed by atoms with van der Waals surface area (Å²) in [6, 6.07) is 5.85. The molecule has 1 amide bonds. The highest BCUT2D eigenvalue weighted by atomic mass is 35.5. The molecule has 1 aromatic rings. The van der Waals surface area contributed by atoms with Gasteiger partial charge in [-0.25, -0.2) is 13.9 Å². The number of piperazine rings is 1. The number of amides is 1. The normalized spacial score (nSPS) is 21.4. The molecule has 15 heteroatoms. The number of rotatable bonds is 6. The summed E-state index contributed by atoms with van der Waals surface area (Å²) in [4.78, 5) is 16.7. The van der Waals surface area contributed by atoms with Crippen LogP contribution in [-0.4, -0.2) is 85.2 Å². The number of hydrogen-bond donors (Lipinski definition) is 2. The lowest BCUT2D eigenvalue weighted by molar-refractivity contribution is -0.274. The van der Waals surface area contributed by atoms with E-state index in [1.54, 1.807) is 5.48 Å². The van der Waals surface area contributed by atoms with Crippen molar-refractivity contribution in [1.82, 2.24) is 14.7 Å². The summed E-state index contributed by atoms with van der Waals surface area (Å²) in [6.07, 6.45) is -2.39. The number of piperidine rings is 1. The Morgan fingerprint density at radius 2 is 1.54 bits per heavy atom. The van der Waals surface area contributed by atoms with Gasteiger partial charge in [0.05, 0.1) is 0 Å². The lowest BCUT2D eigenvalue weighted by Gasteiger charge is -2.44. The second-order valence-corrected chi connectivity index (χ2v) is 10.9. The Kier molecular flexibility index (Phi) is 9.56. The first-order chi connectivity index (χ1) is 15.6. The molecule has 9 nitrogen and oxygen atoms in total. The lowest BCUT2D eigenvalue weighted by atomic mass is 9.95. The summed E-state index contributed by atoms with van der Waals surface area (Å²) >= 11 is 0. The van der Waals surface area contributed by atoms with Crippen LogP contribution in [0.2, 0.25) is 0 Å². The number of nitrogens with zero attached hydrogens (tertiary/aromatic N) is 3. The first-order valence-electron chi connectivity index (χ1n) is 10.8. The van der Waals surface area contributed by atoms with Crippen LogP contribution in [0.1, 0.15) is 25.7 Å². The average Bonchev–Trinajstić information content (AvgIpc) is 3.63. The first kappa shape index (κ1) is 29.7. The highest BCUT2D eigenvalue weighted by molar-refractivity contribution is 7.91. The van der Waals surface area contributed by atoms with Crippen molar-refractivity contribution in [3.63, 3.8) is 0 Å². The number of sulfonamides is 1. The zero-order valence-corrected chi connectivity index (χ0v) is 21.2. The van der Waals surface area contributed by atoms with Crippen LogP contribution in [0.4, 0.5) is 18.9 Å². The minimum Gasteiger partial charge on any atom is -0.406 e. The van der Waals surface area contributed by atoms with Crippen molar-refractivity contribution in [2.45, 2.75) is 42.8 Å². The minimum absolute atomic E-state index is 0. The zero-order valence-electron chi connectivity index (χ0n) is 18.7. The SMILES string of the molecule is Cl.Cl.O=C(NO)C1(S(=O)(=O)N2CCN(c3ccc(OC(F)(F)F)cc3)CC2)CCN(C2CC2)CC1. The van der Waals surface area contributed by atoms with E-state index in [1.165, 1.54) is 28.6 Å². The third-order valence-electron chi connectivity index (χ3n) is 6.69. The number of ether oxygens (including phenoxy) is 1. The second kappa shape index (κ2) is 11.3. The van der Waals surface area contributed by atoms with Crippen LogP contribution in [0.25, 0.3) is 0 Å². The van der Waals surface area contributed by atoms with Gasteiger partial charge in [-0.15, -0.1) is 38.0 Å². The molecule has 1 aromatic carbocycles. The molecule has 2 aliphatic heterocycles. The molecule has 2 saturated heterocycles. The number of benzene rings is 1. The van der Waals surface area contributed by atoms with E-state index in [2.05, 4.69) is 9.64 Å². The number of hydroxylamine groups is 1. The molecule has 0 unspecified atom stereocenters. The molecule has 4 rings (SSSR count). The summed E-state index contributed by atoms with van der Waals surface area (Å²) in [5, 5.41) is 9.30. The van der Waals surface area contributed by atoms with Gasteiger partial charge in [0.2, 0.25) is 10.0 Å². The molecule has 35 heavy (non-hydrogen) atoms. The van der Waals surface area contributed by atoms with Crippen molar-refractivity contribution in [2.75, 3.05) is 44.2 Å². The number of carbonyl (C=O) groups excluding carboxylic acids is 1. The number of hydrogen-bond acceptors (Lipinski definition) is 7. The number of anilines is 1. The molecular weight excluding hydrogens is 536 g/mol. The van der Waals surface area contributed by atoms with Crippen molar-refractivity contribution in [3.05, 3.63) is 24.3 Å². The number of alkyl halides is 3. The maximum atomic E-state index is 13.6.